The Hall–Kier alpha value is -2.84. The van der Waals surface area contributed by atoms with Crippen LogP contribution in [0.5, 0.6) is 11.5 Å². The number of thioether (sulfide) groups is 1. The molecule has 0 aliphatic carbocycles. The van der Waals surface area contributed by atoms with Crippen LogP contribution in [0.15, 0.2) is 53.4 Å². The molecule has 3 rings (SSSR count). The molecule has 0 radical (unpaired) electrons. The Balaban J connectivity index is 1.86. The Bertz CT molecular complexity index is 959. The van der Waals surface area contributed by atoms with E-state index in [4.69, 9.17) is 21.7 Å². The van der Waals surface area contributed by atoms with Crippen LogP contribution < -0.4 is 9.47 Å². The van der Waals surface area contributed by atoms with Crippen molar-refractivity contribution in [2.24, 2.45) is 0 Å². The molecule has 1 aliphatic heterocycles. The van der Waals surface area contributed by atoms with Crippen molar-refractivity contribution in [3.63, 3.8) is 0 Å². The van der Waals surface area contributed by atoms with Crippen LogP contribution in [0.4, 0.5) is 0 Å². The number of methoxy groups -OCH3 is 2. The first-order valence-electron chi connectivity index (χ1n) is 8.69. The first-order valence-corrected chi connectivity index (χ1v) is 9.92. The molecular formula is C21H19NO5S2. The number of nitrogens with zero attached hydrogens (tertiary/aromatic N) is 1. The highest BCUT2D eigenvalue weighted by Gasteiger charge is 2.32. The average molecular weight is 430 g/mol. The minimum atomic E-state index is -0.518. The minimum absolute atomic E-state index is 0.175. The topological polar surface area (TPSA) is 65.1 Å². The molecule has 0 saturated carbocycles. The van der Waals surface area contributed by atoms with E-state index in [1.807, 2.05) is 30.3 Å². The van der Waals surface area contributed by atoms with Gasteiger partial charge in [-0.25, -0.2) is 4.79 Å². The summed E-state index contributed by atoms with van der Waals surface area (Å²) >= 11 is 6.63. The van der Waals surface area contributed by atoms with Gasteiger partial charge in [0.25, 0.3) is 5.91 Å². The van der Waals surface area contributed by atoms with Crippen LogP contribution in [0.1, 0.15) is 11.1 Å². The third kappa shape index (κ3) is 4.96. The lowest BCUT2D eigenvalue weighted by atomic mass is 10.1. The quantitative estimate of drug-likeness (QED) is 0.378. The van der Waals surface area contributed by atoms with E-state index in [1.165, 1.54) is 26.0 Å². The van der Waals surface area contributed by atoms with Crippen molar-refractivity contribution in [2.45, 2.75) is 6.54 Å². The summed E-state index contributed by atoms with van der Waals surface area (Å²) in [6, 6.07) is 14.9. The number of carbonyl (C=O) groups excluding carboxylic acids is 2. The second-order valence-electron chi connectivity index (χ2n) is 6.00. The van der Waals surface area contributed by atoms with E-state index >= 15 is 0 Å². The highest BCUT2D eigenvalue weighted by molar-refractivity contribution is 8.26. The maximum absolute atomic E-state index is 12.9. The molecule has 0 bridgehead atoms. The first-order chi connectivity index (χ1) is 14.0. The number of hydrogen-bond acceptors (Lipinski definition) is 7. The molecule has 2 aromatic rings. The van der Waals surface area contributed by atoms with E-state index in [1.54, 1.807) is 29.2 Å². The van der Waals surface area contributed by atoms with Gasteiger partial charge in [0.1, 0.15) is 4.32 Å². The van der Waals surface area contributed by atoms with E-state index in [0.29, 0.717) is 32.8 Å². The van der Waals surface area contributed by atoms with Crippen molar-refractivity contribution in [1.29, 1.82) is 0 Å². The van der Waals surface area contributed by atoms with Gasteiger partial charge in [-0.2, -0.15) is 0 Å². The van der Waals surface area contributed by atoms with Gasteiger partial charge < -0.3 is 14.2 Å². The van der Waals surface area contributed by atoms with Crippen molar-refractivity contribution in [3.05, 3.63) is 64.6 Å². The number of amides is 1. The lowest BCUT2D eigenvalue weighted by molar-refractivity contribution is -0.142. The van der Waals surface area contributed by atoms with Crippen LogP contribution in [0.25, 0.3) is 6.08 Å². The fourth-order valence-electron chi connectivity index (χ4n) is 2.70. The van der Waals surface area contributed by atoms with Gasteiger partial charge in [0.05, 0.1) is 25.7 Å². The summed E-state index contributed by atoms with van der Waals surface area (Å²) in [5.41, 5.74) is 1.60. The molecule has 0 unspecified atom stereocenters. The zero-order valence-electron chi connectivity index (χ0n) is 15.9. The molecule has 1 heterocycles. The molecule has 6 nitrogen and oxygen atoms in total. The molecule has 2 aromatic carbocycles. The van der Waals surface area contributed by atoms with Gasteiger partial charge in [-0.05, 0) is 17.7 Å². The maximum Gasteiger partial charge on any atom is 0.343 e. The molecule has 0 spiro atoms. The number of para-hydroxylation sites is 1. The third-order valence-electron chi connectivity index (χ3n) is 4.14. The zero-order chi connectivity index (χ0) is 20.8. The number of esters is 1. The van der Waals surface area contributed by atoms with Crippen LogP contribution in [-0.2, 0) is 20.9 Å². The van der Waals surface area contributed by atoms with Crippen LogP contribution in [-0.4, -0.2) is 41.9 Å². The summed E-state index contributed by atoms with van der Waals surface area (Å²) in [5.74, 6) is 0.109. The average Bonchev–Trinajstić information content (AvgIpc) is 3.00. The molecule has 29 heavy (non-hydrogen) atoms. The molecule has 1 fully saturated rings. The fraction of sp³-hybridized carbons (Fsp3) is 0.190. The smallest absolute Gasteiger partial charge is 0.343 e. The van der Waals surface area contributed by atoms with Gasteiger partial charge in [0.15, 0.2) is 18.1 Å². The van der Waals surface area contributed by atoms with Crippen molar-refractivity contribution in [2.75, 3.05) is 20.8 Å². The minimum Gasteiger partial charge on any atom is -0.493 e. The third-order valence-corrected chi connectivity index (χ3v) is 5.51. The second-order valence-corrected chi connectivity index (χ2v) is 7.67. The Morgan fingerprint density at radius 2 is 1.90 bits per heavy atom. The van der Waals surface area contributed by atoms with Gasteiger partial charge in [-0.1, -0.05) is 66.4 Å². The molecular weight excluding hydrogens is 410 g/mol. The van der Waals surface area contributed by atoms with Crippen LogP contribution in [0.3, 0.4) is 0 Å². The highest BCUT2D eigenvalue weighted by atomic mass is 32.2. The summed E-state index contributed by atoms with van der Waals surface area (Å²) in [4.78, 5) is 26.4. The standard InChI is InChI=1S/C21H19NO5S2/c1-25-16-10-6-9-15(19(16)27-13-18(23)26-2)11-17-20(24)22(21(28)29-17)12-14-7-4-3-5-8-14/h3-11H,12-13H2,1-2H3/b17-11-. The van der Waals surface area contributed by atoms with Crippen molar-refractivity contribution >= 4 is 46.3 Å². The van der Waals surface area contributed by atoms with E-state index in [9.17, 15) is 9.59 Å². The van der Waals surface area contributed by atoms with Crippen molar-refractivity contribution in [3.8, 4) is 11.5 Å². The van der Waals surface area contributed by atoms with Gasteiger partial charge >= 0.3 is 5.97 Å². The molecule has 1 saturated heterocycles. The Morgan fingerprint density at radius 3 is 2.59 bits per heavy atom. The largest absolute Gasteiger partial charge is 0.493 e. The summed E-state index contributed by atoms with van der Waals surface area (Å²) < 4.78 is 16.0. The number of thiocarbonyl (C=S) groups is 1. The maximum atomic E-state index is 12.9. The van der Waals surface area contributed by atoms with E-state index < -0.39 is 5.97 Å². The van der Waals surface area contributed by atoms with E-state index in [0.717, 1.165) is 5.56 Å². The number of rotatable bonds is 7. The first kappa shape index (κ1) is 20.9. The molecule has 1 aliphatic rings. The Morgan fingerprint density at radius 1 is 1.14 bits per heavy atom. The van der Waals surface area contributed by atoms with Gasteiger partial charge in [-0.3, -0.25) is 9.69 Å². The summed E-state index contributed by atoms with van der Waals surface area (Å²) in [7, 11) is 2.79. The van der Waals surface area contributed by atoms with Gasteiger partial charge in [0, 0.05) is 5.56 Å². The SMILES string of the molecule is COC(=O)COc1c(/C=C2\SC(=S)N(Cc3ccccc3)C2=O)cccc1OC. The molecule has 150 valence electrons. The summed E-state index contributed by atoms with van der Waals surface area (Å²) in [5, 5.41) is 0. The molecule has 8 heteroatoms. The Labute approximate surface area is 178 Å². The number of ether oxygens (including phenoxy) is 3. The Kier molecular flexibility index (Phi) is 6.90. The van der Waals surface area contributed by atoms with Gasteiger partial charge in [0.2, 0.25) is 0 Å². The highest BCUT2D eigenvalue weighted by Crippen LogP contribution is 2.38. The van der Waals surface area contributed by atoms with Crippen LogP contribution >= 0.6 is 24.0 Å². The van der Waals surface area contributed by atoms with E-state index in [2.05, 4.69) is 4.74 Å². The molecule has 0 N–H and O–H groups in total. The number of hydrogen-bond donors (Lipinski definition) is 0. The van der Waals surface area contributed by atoms with Gasteiger partial charge in [-0.15, -0.1) is 0 Å². The monoisotopic (exact) mass is 429 g/mol. The lowest BCUT2D eigenvalue weighted by Gasteiger charge is -2.14. The van der Waals surface area contributed by atoms with Crippen molar-refractivity contribution in [1.82, 2.24) is 4.90 Å². The fourth-order valence-corrected chi connectivity index (χ4v) is 3.94. The second kappa shape index (κ2) is 9.58. The van der Waals surface area contributed by atoms with Crippen LogP contribution in [0.2, 0.25) is 0 Å². The summed E-state index contributed by atoms with van der Waals surface area (Å²) in [6.45, 7) is 0.138. The normalized spacial score (nSPS) is 15.0. The molecule has 0 aromatic heterocycles. The lowest BCUT2D eigenvalue weighted by Crippen LogP contribution is -2.27. The summed E-state index contributed by atoms with van der Waals surface area (Å²) in [6.07, 6.45) is 1.69. The van der Waals surface area contributed by atoms with E-state index in [-0.39, 0.29) is 12.5 Å². The zero-order valence-corrected chi connectivity index (χ0v) is 17.5. The van der Waals surface area contributed by atoms with Crippen LogP contribution in [0, 0.1) is 0 Å². The molecule has 1 amide bonds. The number of benzene rings is 2. The molecule has 0 atom stereocenters. The predicted octanol–water partition coefficient (Wildman–Crippen LogP) is 3.65. The number of carbonyl (C=O) groups is 2. The van der Waals surface area contributed by atoms with Crippen molar-refractivity contribution < 1.29 is 23.8 Å². The predicted molar refractivity (Wildman–Crippen MR) is 116 cm³/mol.